The van der Waals surface area contributed by atoms with Crippen molar-refractivity contribution in [2.45, 2.75) is 13.5 Å². The van der Waals surface area contributed by atoms with Crippen LogP contribution in [0.2, 0.25) is 5.02 Å². The van der Waals surface area contributed by atoms with Gasteiger partial charge in [-0.05, 0) is 30.7 Å². The Kier molecular flexibility index (Phi) is 4.20. The first-order valence-electron chi connectivity index (χ1n) is 5.90. The highest BCUT2D eigenvalue weighted by atomic mass is 35.5. The number of nitrogens with zero attached hydrogens (tertiary/aromatic N) is 1. The summed E-state index contributed by atoms with van der Waals surface area (Å²) in [5.74, 6) is -0.385. The maximum Gasteiger partial charge on any atom is 0.269 e. The van der Waals surface area contributed by atoms with Crippen LogP contribution < -0.4 is 5.32 Å². The van der Waals surface area contributed by atoms with Gasteiger partial charge in [0.15, 0.2) is 0 Å². The highest BCUT2D eigenvalue weighted by molar-refractivity contribution is 6.30. The van der Waals surface area contributed by atoms with Crippen LogP contribution in [0.5, 0.6) is 0 Å². The molecule has 2 aromatic carbocycles. The summed E-state index contributed by atoms with van der Waals surface area (Å²) in [5, 5.41) is 14.0. The van der Waals surface area contributed by atoms with E-state index >= 15 is 0 Å². The molecule has 20 heavy (non-hydrogen) atoms. The number of hydrogen-bond donors (Lipinski definition) is 1. The second-order valence-electron chi connectivity index (χ2n) is 4.35. The Morgan fingerprint density at radius 1 is 1.30 bits per heavy atom. The van der Waals surface area contributed by atoms with E-state index in [0.29, 0.717) is 10.6 Å². The summed E-state index contributed by atoms with van der Waals surface area (Å²) in [6.07, 6.45) is 0. The molecule has 0 saturated heterocycles. The maximum atomic E-state index is 13.6. The lowest BCUT2D eigenvalue weighted by Gasteiger charge is -2.10. The minimum Gasteiger partial charge on any atom is -0.381 e. The van der Waals surface area contributed by atoms with Gasteiger partial charge < -0.3 is 5.32 Å². The van der Waals surface area contributed by atoms with Crippen molar-refractivity contribution >= 4 is 23.0 Å². The predicted octanol–water partition coefficient (Wildman–Crippen LogP) is 4.31. The maximum absolute atomic E-state index is 13.6. The van der Waals surface area contributed by atoms with Crippen LogP contribution in [0, 0.1) is 22.9 Å². The van der Waals surface area contributed by atoms with E-state index in [4.69, 9.17) is 11.6 Å². The van der Waals surface area contributed by atoms with E-state index in [1.807, 2.05) is 0 Å². The molecule has 0 bridgehead atoms. The topological polar surface area (TPSA) is 55.2 Å². The molecule has 6 heteroatoms. The molecule has 0 fully saturated rings. The Hall–Kier alpha value is -2.14. The number of nitro benzene ring substituents is 1. The summed E-state index contributed by atoms with van der Waals surface area (Å²) in [4.78, 5) is 10.2. The minimum atomic E-state index is -0.449. The second-order valence-corrected chi connectivity index (χ2v) is 4.78. The standard InChI is InChI=1S/C14H12ClFN2O2/c1-9-6-12(18(19)20)4-5-14(9)17-8-10-2-3-11(15)7-13(10)16/h2-7,17H,8H2,1H3. The molecule has 0 atom stereocenters. The van der Waals surface area contributed by atoms with Gasteiger partial charge in [-0.15, -0.1) is 0 Å². The molecule has 0 aliphatic rings. The normalized spacial score (nSPS) is 10.3. The van der Waals surface area contributed by atoms with Gasteiger partial charge in [-0.3, -0.25) is 10.1 Å². The molecule has 0 aromatic heterocycles. The van der Waals surface area contributed by atoms with Gasteiger partial charge in [0.2, 0.25) is 0 Å². The lowest BCUT2D eigenvalue weighted by Crippen LogP contribution is -2.03. The summed E-state index contributed by atoms with van der Waals surface area (Å²) in [5.41, 5.74) is 1.97. The highest BCUT2D eigenvalue weighted by Gasteiger charge is 2.08. The fraction of sp³-hybridized carbons (Fsp3) is 0.143. The van der Waals surface area contributed by atoms with Crippen LogP contribution >= 0.6 is 11.6 Å². The number of halogens is 2. The molecule has 0 radical (unpaired) electrons. The molecule has 0 aliphatic carbocycles. The molecule has 2 rings (SSSR count). The summed E-state index contributed by atoms with van der Waals surface area (Å²) in [6, 6.07) is 8.96. The van der Waals surface area contributed by atoms with E-state index in [-0.39, 0.29) is 18.0 Å². The first-order valence-corrected chi connectivity index (χ1v) is 6.28. The average Bonchev–Trinajstić information content (AvgIpc) is 2.38. The number of rotatable bonds is 4. The number of nitrogens with one attached hydrogen (secondary N) is 1. The molecule has 0 spiro atoms. The van der Waals surface area contributed by atoms with Gasteiger partial charge in [0.25, 0.3) is 5.69 Å². The van der Waals surface area contributed by atoms with Crippen LogP contribution in [0.4, 0.5) is 15.8 Å². The molecule has 104 valence electrons. The Morgan fingerprint density at radius 3 is 2.65 bits per heavy atom. The number of nitro groups is 1. The van der Waals surface area contributed by atoms with Crippen LogP contribution in [0.1, 0.15) is 11.1 Å². The van der Waals surface area contributed by atoms with Crippen molar-refractivity contribution in [1.29, 1.82) is 0 Å². The lowest BCUT2D eigenvalue weighted by molar-refractivity contribution is -0.384. The number of non-ortho nitro benzene ring substituents is 1. The van der Waals surface area contributed by atoms with Crippen molar-refractivity contribution in [2.75, 3.05) is 5.32 Å². The molecule has 1 N–H and O–H groups in total. The highest BCUT2D eigenvalue weighted by Crippen LogP contribution is 2.22. The van der Waals surface area contributed by atoms with Crippen LogP contribution in [0.15, 0.2) is 36.4 Å². The van der Waals surface area contributed by atoms with Crippen molar-refractivity contribution < 1.29 is 9.31 Å². The van der Waals surface area contributed by atoms with Crippen molar-refractivity contribution in [3.05, 3.63) is 68.5 Å². The number of hydrogen-bond acceptors (Lipinski definition) is 3. The Bertz CT molecular complexity index is 662. The number of benzene rings is 2. The summed E-state index contributed by atoms with van der Waals surface area (Å²) < 4.78 is 13.6. The van der Waals surface area contributed by atoms with Crippen molar-refractivity contribution in [3.8, 4) is 0 Å². The van der Waals surface area contributed by atoms with E-state index in [9.17, 15) is 14.5 Å². The van der Waals surface area contributed by atoms with Crippen LogP contribution in [-0.2, 0) is 6.54 Å². The van der Waals surface area contributed by atoms with E-state index in [1.54, 1.807) is 25.1 Å². The molecular formula is C14H12ClFN2O2. The molecule has 0 aliphatic heterocycles. The molecule has 4 nitrogen and oxygen atoms in total. The van der Waals surface area contributed by atoms with Crippen LogP contribution in [0.25, 0.3) is 0 Å². The third-order valence-electron chi connectivity index (χ3n) is 2.91. The molecule has 0 saturated carbocycles. The van der Waals surface area contributed by atoms with E-state index in [1.165, 1.54) is 18.2 Å². The van der Waals surface area contributed by atoms with E-state index in [0.717, 1.165) is 11.3 Å². The summed E-state index contributed by atoms with van der Waals surface area (Å²) in [7, 11) is 0. The number of anilines is 1. The van der Waals surface area contributed by atoms with Crippen molar-refractivity contribution in [1.82, 2.24) is 0 Å². The van der Waals surface area contributed by atoms with E-state index < -0.39 is 4.92 Å². The largest absolute Gasteiger partial charge is 0.381 e. The Morgan fingerprint density at radius 2 is 2.05 bits per heavy atom. The van der Waals surface area contributed by atoms with Gasteiger partial charge in [-0.2, -0.15) is 0 Å². The van der Waals surface area contributed by atoms with Crippen LogP contribution in [0.3, 0.4) is 0 Å². The monoisotopic (exact) mass is 294 g/mol. The molecule has 0 unspecified atom stereocenters. The Labute approximate surface area is 120 Å². The van der Waals surface area contributed by atoms with Gasteiger partial charge in [-0.25, -0.2) is 4.39 Å². The zero-order valence-electron chi connectivity index (χ0n) is 10.7. The van der Waals surface area contributed by atoms with E-state index in [2.05, 4.69) is 5.32 Å². The summed E-state index contributed by atoms with van der Waals surface area (Å²) in [6.45, 7) is 2.04. The van der Waals surface area contributed by atoms with Crippen molar-refractivity contribution in [2.24, 2.45) is 0 Å². The number of aryl methyl sites for hydroxylation is 1. The first kappa shape index (κ1) is 14.3. The average molecular weight is 295 g/mol. The van der Waals surface area contributed by atoms with Gasteiger partial charge >= 0.3 is 0 Å². The molecular weight excluding hydrogens is 283 g/mol. The fourth-order valence-corrected chi connectivity index (χ4v) is 1.97. The van der Waals surface area contributed by atoms with Crippen LogP contribution in [-0.4, -0.2) is 4.92 Å². The SMILES string of the molecule is Cc1cc([N+](=O)[O-])ccc1NCc1ccc(Cl)cc1F. The lowest BCUT2D eigenvalue weighted by atomic mass is 10.1. The Balaban J connectivity index is 2.13. The van der Waals surface area contributed by atoms with Gasteiger partial charge in [0, 0.05) is 35.0 Å². The predicted molar refractivity (Wildman–Crippen MR) is 76.6 cm³/mol. The summed E-state index contributed by atoms with van der Waals surface area (Å²) >= 11 is 5.68. The fourth-order valence-electron chi connectivity index (χ4n) is 1.82. The minimum absolute atomic E-state index is 0.0331. The van der Waals surface area contributed by atoms with Gasteiger partial charge in [-0.1, -0.05) is 17.7 Å². The first-order chi connectivity index (χ1) is 9.47. The third-order valence-corrected chi connectivity index (χ3v) is 3.14. The molecule has 0 heterocycles. The third kappa shape index (κ3) is 3.24. The zero-order valence-corrected chi connectivity index (χ0v) is 11.4. The molecule has 0 amide bonds. The molecule has 2 aromatic rings. The van der Waals surface area contributed by atoms with Gasteiger partial charge in [0.1, 0.15) is 5.82 Å². The van der Waals surface area contributed by atoms with Crippen molar-refractivity contribution in [3.63, 3.8) is 0 Å². The smallest absolute Gasteiger partial charge is 0.269 e. The van der Waals surface area contributed by atoms with Gasteiger partial charge in [0.05, 0.1) is 4.92 Å². The zero-order chi connectivity index (χ0) is 14.7. The second kappa shape index (κ2) is 5.88. The quantitative estimate of drug-likeness (QED) is 0.675.